The molecular weight excluding hydrogens is 373 g/mol. The highest BCUT2D eigenvalue weighted by atomic mass is 127. The summed E-state index contributed by atoms with van der Waals surface area (Å²) in [5, 5.41) is 3.21. The van der Waals surface area contributed by atoms with Crippen LogP contribution in [0, 0.1) is 3.57 Å². The number of aryl methyl sites for hydroxylation is 1. The maximum absolute atomic E-state index is 4.85. The van der Waals surface area contributed by atoms with E-state index in [1.165, 1.54) is 24.0 Å². The summed E-state index contributed by atoms with van der Waals surface area (Å²) >= 11 is 2.35. The Labute approximate surface area is 139 Å². The van der Waals surface area contributed by atoms with Crippen molar-refractivity contribution in [1.29, 1.82) is 0 Å². The molecule has 1 heterocycles. The molecule has 3 nitrogen and oxygen atoms in total. The maximum atomic E-state index is 4.85. The molecule has 3 rings (SSSR count). The van der Waals surface area contributed by atoms with Crippen molar-refractivity contribution in [1.82, 2.24) is 9.97 Å². The van der Waals surface area contributed by atoms with Gasteiger partial charge in [-0.1, -0.05) is 37.6 Å². The van der Waals surface area contributed by atoms with E-state index >= 15 is 0 Å². The zero-order valence-electron chi connectivity index (χ0n) is 12.5. The predicted octanol–water partition coefficient (Wildman–Crippen LogP) is 4.62. The standard InChI is InChI=1S/C17H20IN3/c1-3-6-14-15(18)17(19-2)21-16(20-14)13-8-5-4-7-12(13)11-9-10-11/h4-5,7-8,11H,3,6,9-10H2,1-2H3,(H,19,20,21). The second-order valence-electron chi connectivity index (χ2n) is 5.52. The molecule has 0 bridgehead atoms. The molecule has 0 saturated heterocycles. The Bertz CT molecular complexity index is 650. The predicted molar refractivity (Wildman–Crippen MR) is 95.7 cm³/mol. The van der Waals surface area contributed by atoms with Gasteiger partial charge < -0.3 is 5.32 Å². The highest BCUT2D eigenvalue weighted by Crippen LogP contribution is 2.44. The lowest BCUT2D eigenvalue weighted by molar-refractivity contribution is 0.867. The van der Waals surface area contributed by atoms with E-state index in [0.29, 0.717) is 5.92 Å². The van der Waals surface area contributed by atoms with Gasteiger partial charge in [-0.25, -0.2) is 9.97 Å². The Morgan fingerprint density at radius 3 is 2.67 bits per heavy atom. The summed E-state index contributed by atoms with van der Waals surface area (Å²) in [5.74, 6) is 2.51. The summed E-state index contributed by atoms with van der Waals surface area (Å²) in [5.41, 5.74) is 3.76. The lowest BCUT2D eigenvalue weighted by Gasteiger charge is -2.13. The van der Waals surface area contributed by atoms with Gasteiger partial charge in [-0.15, -0.1) is 0 Å². The van der Waals surface area contributed by atoms with Crippen LogP contribution in [-0.2, 0) is 6.42 Å². The average Bonchev–Trinajstić information content (AvgIpc) is 3.34. The number of nitrogens with one attached hydrogen (secondary N) is 1. The second-order valence-corrected chi connectivity index (χ2v) is 6.60. The summed E-state index contributed by atoms with van der Waals surface area (Å²) in [6.45, 7) is 2.19. The van der Waals surface area contributed by atoms with Crippen LogP contribution in [0.2, 0.25) is 0 Å². The van der Waals surface area contributed by atoms with E-state index in [0.717, 1.165) is 33.7 Å². The monoisotopic (exact) mass is 393 g/mol. The van der Waals surface area contributed by atoms with Crippen molar-refractivity contribution in [3.63, 3.8) is 0 Å². The van der Waals surface area contributed by atoms with Crippen molar-refractivity contribution in [2.24, 2.45) is 0 Å². The van der Waals surface area contributed by atoms with Crippen molar-refractivity contribution in [2.75, 3.05) is 12.4 Å². The zero-order valence-corrected chi connectivity index (χ0v) is 14.6. The molecule has 110 valence electrons. The summed E-state index contributed by atoms with van der Waals surface area (Å²) in [7, 11) is 1.93. The van der Waals surface area contributed by atoms with E-state index in [-0.39, 0.29) is 0 Å². The fourth-order valence-electron chi connectivity index (χ4n) is 2.63. The number of benzene rings is 1. The first-order valence-corrected chi connectivity index (χ1v) is 8.66. The van der Waals surface area contributed by atoms with Crippen LogP contribution in [0.4, 0.5) is 5.82 Å². The number of anilines is 1. The highest BCUT2D eigenvalue weighted by molar-refractivity contribution is 14.1. The smallest absolute Gasteiger partial charge is 0.162 e. The molecule has 0 radical (unpaired) electrons. The summed E-state index contributed by atoms with van der Waals surface area (Å²) in [6.07, 6.45) is 4.68. The molecular formula is C17H20IN3. The van der Waals surface area contributed by atoms with Gasteiger partial charge in [-0.05, 0) is 53.3 Å². The van der Waals surface area contributed by atoms with Crippen molar-refractivity contribution in [3.05, 3.63) is 39.1 Å². The summed E-state index contributed by atoms with van der Waals surface area (Å²) < 4.78 is 1.14. The van der Waals surface area contributed by atoms with Gasteiger partial charge in [0.25, 0.3) is 0 Å². The molecule has 1 aliphatic carbocycles. The molecule has 2 aromatic rings. The number of nitrogens with zero attached hydrogens (tertiary/aromatic N) is 2. The molecule has 0 unspecified atom stereocenters. The van der Waals surface area contributed by atoms with E-state index in [9.17, 15) is 0 Å². The molecule has 1 fully saturated rings. The van der Waals surface area contributed by atoms with Gasteiger partial charge in [-0.3, -0.25) is 0 Å². The number of halogens is 1. The second kappa shape index (κ2) is 6.30. The van der Waals surface area contributed by atoms with E-state index in [2.05, 4.69) is 59.1 Å². The minimum Gasteiger partial charge on any atom is -0.372 e. The van der Waals surface area contributed by atoms with Gasteiger partial charge in [-0.2, -0.15) is 0 Å². The fraction of sp³-hybridized carbons (Fsp3) is 0.412. The van der Waals surface area contributed by atoms with E-state index in [1.54, 1.807) is 0 Å². The van der Waals surface area contributed by atoms with Crippen LogP contribution in [0.15, 0.2) is 24.3 Å². The molecule has 4 heteroatoms. The molecule has 21 heavy (non-hydrogen) atoms. The Morgan fingerprint density at radius 1 is 1.24 bits per heavy atom. The van der Waals surface area contributed by atoms with Crippen molar-refractivity contribution in [2.45, 2.75) is 38.5 Å². The average molecular weight is 393 g/mol. The molecule has 0 aliphatic heterocycles. The van der Waals surface area contributed by atoms with Gasteiger partial charge in [0.05, 0.1) is 9.26 Å². The minimum absolute atomic E-state index is 0.705. The van der Waals surface area contributed by atoms with Crippen LogP contribution in [0.1, 0.15) is 43.4 Å². The Morgan fingerprint density at radius 2 is 2.00 bits per heavy atom. The highest BCUT2D eigenvalue weighted by Gasteiger charge is 2.27. The molecule has 0 spiro atoms. The Hall–Kier alpha value is -1.17. The van der Waals surface area contributed by atoms with Crippen molar-refractivity contribution in [3.8, 4) is 11.4 Å². The molecule has 1 aromatic carbocycles. The first-order chi connectivity index (χ1) is 10.2. The van der Waals surface area contributed by atoms with Gasteiger partial charge >= 0.3 is 0 Å². The van der Waals surface area contributed by atoms with E-state index < -0.39 is 0 Å². The third kappa shape index (κ3) is 3.05. The van der Waals surface area contributed by atoms with Crippen LogP contribution < -0.4 is 5.32 Å². The Kier molecular flexibility index (Phi) is 4.42. The summed E-state index contributed by atoms with van der Waals surface area (Å²) in [6, 6.07) is 8.59. The first-order valence-electron chi connectivity index (χ1n) is 7.58. The van der Waals surface area contributed by atoms with E-state index in [4.69, 9.17) is 9.97 Å². The first kappa shape index (κ1) is 14.8. The van der Waals surface area contributed by atoms with Crippen molar-refractivity contribution < 1.29 is 0 Å². The fourth-order valence-corrected chi connectivity index (χ4v) is 3.41. The van der Waals surface area contributed by atoms with Crippen LogP contribution in [0.3, 0.4) is 0 Å². The van der Waals surface area contributed by atoms with Crippen LogP contribution in [0.5, 0.6) is 0 Å². The van der Waals surface area contributed by atoms with Gasteiger partial charge in [0.2, 0.25) is 0 Å². The number of hydrogen-bond donors (Lipinski definition) is 1. The lowest BCUT2D eigenvalue weighted by atomic mass is 10.0. The van der Waals surface area contributed by atoms with Crippen molar-refractivity contribution >= 4 is 28.4 Å². The topological polar surface area (TPSA) is 37.8 Å². The van der Waals surface area contributed by atoms with Crippen LogP contribution in [0.25, 0.3) is 11.4 Å². The molecule has 1 N–H and O–H groups in total. The third-order valence-electron chi connectivity index (χ3n) is 3.86. The SMILES string of the molecule is CCCc1nc(-c2ccccc2C2CC2)nc(NC)c1I. The minimum atomic E-state index is 0.705. The lowest BCUT2D eigenvalue weighted by Crippen LogP contribution is -2.06. The molecule has 0 atom stereocenters. The summed E-state index contributed by atoms with van der Waals surface area (Å²) in [4.78, 5) is 9.60. The molecule has 1 aromatic heterocycles. The maximum Gasteiger partial charge on any atom is 0.162 e. The van der Waals surface area contributed by atoms with E-state index in [1.807, 2.05) is 7.05 Å². The normalized spacial score (nSPS) is 14.2. The number of hydrogen-bond acceptors (Lipinski definition) is 3. The Balaban J connectivity index is 2.11. The van der Waals surface area contributed by atoms with Crippen LogP contribution >= 0.6 is 22.6 Å². The molecule has 0 amide bonds. The third-order valence-corrected chi connectivity index (χ3v) is 5.00. The van der Waals surface area contributed by atoms with Gasteiger partial charge in [0, 0.05) is 12.6 Å². The molecule has 1 saturated carbocycles. The molecule has 1 aliphatic rings. The van der Waals surface area contributed by atoms with Gasteiger partial charge in [0.15, 0.2) is 5.82 Å². The number of rotatable bonds is 5. The van der Waals surface area contributed by atoms with Crippen LogP contribution in [-0.4, -0.2) is 17.0 Å². The quantitative estimate of drug-likeness (QED) is 0.754. The largest absolute Gasteiger partial charge is 0.372 e. The number of aromatic nitrogens is 2. The van der Waals surface area contributed by atoms with Gasteiger partial charge in [0.1, 0.15) is 5.82 Å². The zero-order chi connectivity index (χ0) is 14.8.